The first-order chi connectivity index (χ1) is 12.1. The summed E-state index contributed by atoms with van der Waals surface area (Å²) in [6, 6.07) is 5.25. The Kier molecular flexibility index (Phi) is 5.08. The molecule has 0 spiro atoms. The number of anilines is 1. The van der Waals surface area contributed by atoms with Crippen LogP contribution in [0.5, 0.6) is 5.75 Å². The lowest BCUT2D eigenvalue weighted by molar-refractivity contribution is -0.139. The predicted octanol–water partition coefficient (Wildman–Crippen LogP) is 3.29. The molecule has 8 heteroatoms. The number of ether oxygens (including phenoxy) is 2. The highest BCUT2D eigenvalue weighted by molar-refractivity contribution is 9.10. The van der Waals surface area contributed by atoms with Gasteiger partial charge < -0.3 is 14.8 Å². The van der Waals surface area contributed by atoms with Crippen LogP contribution in [0.3, 0.4) is 0 Å². The van der Waals surface area contributed by atoms with E-state index in [1.165, 1.54) is 6.33 Å². The third-order valence-corrected chi connectivity index (χ3v) is 4.56. The molecule has 1 atom stereocenters. The van der Waals surface area contributed by atoms with Gasteiger partial charge in [0.2, 0.25) is 5.95 Å². The van der Waals surface area contributed by atoms with Crippen molar-refractivity contribution >= 4 is 27.8 Å². The molecule has 1 aliphatic heterocycles. The maximum Gasteiger partial charge on any atom is 0.338 e. The van der Waals surface area contributed by atoms with Gasteiger partial charge in [-0.25, -0.2) is 9.48 Å². The van der Waals surface area contributed by atoms with E-state index in [0.29, 0.717) is 29.6 Å². The zero-order valence-corrected chi connectivity index (χ0v) is 15.8. The molecule has 0 unspecified atom stereocenters. The van der Waals surface area contributed by atoms with Crippen molar-refractivity contribution in [2.24, 2.45) is 0 Å². The fourth-order valence-corrected chi connectivity index (χ4v) is 3.35. The minimum absolute atomic E-state index is 0.357. The SMILES string of the molecule is CCCOC(=O)C1=C(C)Nc2ncnn2[C@H]1c1ccc(OC)c(Br)c1. The number of esters is 1. The van der Waals surface area contributed by atoms with Crippen LogP contribution in [0.2, 0.25) is 0 Å². The minimum atomic E-state index is -0.426. The van der Waals surface area contributed by atoms with Crippen molar-refractivity contribution < 1.29 is 14.3 Å². The van der Waals surface area contributed by atoms with Gasteiger partial charge in [-0.15, -0.1) is 0 Å². The van der Waals surface area contributed by atoms with E-state index in [1.54, 1.807) is 11.8 Å². The third-order valence-electron chi connectivity index (χ3n) is 3.94. The zero-order valence-electron chi connectivity index (χ0n) is 14.2. The number of carbonyl (C=O) groups is 1. The number of allylic oxidation sites excluding steroid dienone is 1. The summed E-state index contributed by atoms with van der Waals surface area (Å²) < 4.78 is 13.2. The summed E-state index contributed by atoms with van der Waals surface area (Å²) >= 11 is 3.50. The maximum atomic E-state index is 12.7. The predicted molar refractivity (Wildman–Crippen MR) is 96.4 cm³/mol. The molecule has 0 amide bonds. The molecule has 1 N–H and O–H groups in total. The minimum Gasteiger partial charge on any atom is -0.496 e. The highest BCUT2D eigenvalue weighted by Crippen LogP contribution is 2.37. The molecule has 0 fully saturated rings. The van der Waals surface area contributed by atoms with E-state index < -0.39 is 6.04 Å². The van der Waals surface area contributed by atoms with E-state index in [0.717, 1.165) is 16.5 Å². The quantitative estimate of drug-likeness (QED) is 0.767. The van der Waals surface area contributed by atoms with Crippen LogP contribution in [0, 0.1) is 0 Å². The molecule has 0 aliphatic carbocycles. The Morgan fingerprint density at radius 2 is 2.24 bits per heavy atom. The van der Waals surface area contributed by atoms with Crippen molar-refractivity contribution in [3.63, 3.8) is 0 Å². The van der Waals surface area contributed by atoms with Gasteiger partial charge in [0, 0.05) is 5.70 Å². The summed E-state index contributed by atoms with van der Waals surface area (Å²) in [5.41, 5.74) is 2.10. The van der Waals surface area contributed by atoms with Crippen molar-refractivity contribution in [1.29, 1.82) is 0 Å². The van der Waals surface area contributed by atoms with Crippen LogP contribution in [-0.4, -0.2) is 34.5 Å². The molecule has 3 rings (SSSR count). The standard InChI is InChI=1S/C17H19BrN4O3/c1-4-7-25-16(23)14-10(2)21-17-19-9-20-22(17)15(14)11-5-6-13(24-3)12(18)8-11/h5-6,8-9,15H,4,7H2,1-3H3,(H,19,20,21)/t15-/m0/s1. The molecule has 1 aliphatic rings. The van der Waals surface area contributed by atoms with E-state index in [2.05, 4.69) is 31.3 Å². The molecule has 7 nitrogen and oxygen atoms in total. The number of nitrogens with zero attached hydrogens (tertiary/aromatic N) is 3. The molecule has 0 bridgehead atoms. The van der Waals surface area contributed by atoms with Crippen molar-refractivity contribution in [2.45, 2.75) is 26.3 Å². The van der Waals surface area contributed by atoms with Crippen molar-refractivity contribution in [3.8, 4) is 5.75 Å². The van der Waals surface area contributed by atoms with Crippen LogP contribution >= 0.6 is 15.9 Å². The number of nitrogens with one attached hydrogen (secondary N) is 1. The maximum absolute atomic E-state index is 12.7. The molecular weight excluding hydrogens is 388 g/mol. The first kappa shape index (κ1) is 17.5. The Labute approximate surface area is 154 Å². The summed E-state index contributed by atoms with van der Waals surface area (Å²) in [5.74, 6) is 0.943. The van der Waals surface area contributed by atoms with Gasteiger partial charge in [0.25, 0.3) is 0 Å². The van der Waals surface area contributed by atoms with Crippen LogP contribution in [0.15, 0.2) is 40.3 Å². The number of benzene rings is 1. The van der Waals surface area contributed by atoms with Crippen LogP contribution in [0.1, 0.15) is 31.9 Å². The van der Waals surface area contributed by atoms with E-state index in [9.17, 15) is 4.79 Å². The summed E-state index contributed by atoms with van der Waals surface area (Å²) in [5, 5.41) is 7.40. The lowest BCUT2D eigenvalue weighted by Gasteiger charge is -2.28. The second-order valence-corrected chi connectivity index (χ2v) is 6.48. The van der Waals surface area contributed by atoms with Gasteiger partial charge in [-0.3, -0.25) is 0 Å². The van der Waals surface area contributed by atoms with Gasteiger partial charge in [-0.2, -0.15) is 10.1 Å². The summed E-state index contributed by atoms with van der Waals surface area (Å²) in [7, 11) is 1.61. The second-order valence-electron chi connectivity index (χ2n) is 5.62. The molecule has 0 radical (unpaired) electrons. The van der Waals surface area contributed by atoms with Crippen LogP contribution in [-0.2, 0) is 9.53 Å². The van der Waals surface area contributed by atoms with E-state index in [-0.39, 0.29) is 5.97 Å². The topological polar surface area (TPSA) is 78.3 Å². The van der Waals surface area contributed by atoms with Gasteiger partial charge in [0.1, 0.15) is 18.1 Å². The molecule has 2 heterocycles. The number of methoxy groups -OCH3 is 1. The highest BCUT2D eigenvalue weighted by Gasteiger charge is 2.34. The smallest absolute Gasteiger partial charge is 0.338 e. The average molecular weight is 407 g/mol. The Hall–Kier alpha value is -2.35. The van der Waals surface area contributed by atoms with Gasteiger partial charge in [0.05, 0.1) is 23.8 Å². The molecule has 1 aromatic heterocycles. The molecule has 25 heavy (non-hydrogen) atoms. The lowest BCUT2D eigenvalue weighted by atomic mass is 9.96. The summed E-state index contributed by atoms with van der Waals surface area (Å²) in [6.07, 6.45) is 2.22. The molecule has 1 aromatic carbocycles. The van der Waals surface area contributed by atoms with Gasteiger partial charge in [-0.1, -0.05) is 13.0 Å². The van der Waals surface area contributed by atoms with E-state index >= 15 is 0 Å². The number of carbonyl (C=O) groups excluding carboxylic acids is 1. The number of halogens is 1. The van der Waals surface area contributed by atoms with Gasteiger partial charge in [-0.05, 0) is 47.0 Å². The Balaban J connectivity index is 2.09. The number of fused-ring (bicyclic) bond motifs is 1. The molecule has 2 aromatic rings. The lowest BCUT2D eigenvalue weighted by Crippen LogP contribution is -2.29. The largest absolute Gasteiger partial charge is 0.496 e. The number of rotatable bonds is 5. The first-order valence-electron chi connectivity index (χ1n) is 7.94. The molecule has 0 saturated carbocycles. The Morgan fingerprint density at radius 3 is 2.92 bits per heavy atom. The summed E-state index contributed by atoms with van der Waals surface area (Å²) in [4.78, 5) is 16.9. The van der Waals surface area contributed by atoms with Crippen molar-refractivity contribution in [1.82, 2.24) is 14.8 Å². The second kappa shape index (κ2) is 7.26. The average Bonchev–Trinajstić information content (AvgIpc) is 3.06. The molecule has 132 valence electrons. The number of aromatic nitrogens is 3. The fourth-order valence-electron chi connectivity index (χ4n) is 2.79. The van der Waals surface area contributed by atoms with Gasteiger partial charge >= 0.3 is 5.97 Å². The summed E-state index contributed by atoms with van der Waals surface area (Å²) in [6.45, 7) is 4.17. The first-order valence-corrected chi connectivity index (χ1v) is 8.74. The zero-order chi connectivity index (χ0) is 18.0. The third kappa shape index (κ3) is 3.26. The van der Waals surface area contributed by atoms with Crippen LogP contribution in [0.4, 0.5) is 5.95 Å². The number of hydrogen-bond acceptors (Lipinski definition) is 6. The number of hydrogen-bond donors (Lipinski definition) is 1. The van der Waals surface area contributed by atoms with Crippen molar-refractivity contribution in [2.75, 3.05) is 19.0 Å². The molecule has 0 saturated heterocycles. The Bertz CT molecular complexity index is 831. The van der Waals surface area contributed by atoms with Crippen LogP contribution in [0.25, 0.3) is 0 Å². The van der Waals surface area contributed by atoms with Crippen molar-refractivity contribution in [3.05, 3.63) is 45.8 Å². The fraction of sp³-hybridized carbons (Fsp3) is 0.353. The monoisotopic (exact) mass is 406 g/mol. The highest BCUT2D eigenvalue weighted by atomic mass is 79.9. The normalized spacial score (nSPS) is 16.2. The van der Waals surface area contributed by atoms with Crippen LogP contribution < -0.4 is 10.1 Å². The van der Waals surface area contributed by atoms with Gasteiger partial charge in [0.15, 0.2) is 0 Å². The Morgan fingerprint density at radius 1 is 1.44 bits per heavy atom. The van der Waals surface area contributed by atoms with E-state index in [1.807, 2.05) is 32.0 Å². The van der Waals surface area contributed by atoms with E-state index in [4.69, 9.17) is 9.47 Å². The molecular formula is C17H19BrN4O3.